The van der Waals surface area contributed by atoms with E-state index in [0.717, 1.165) is 30.5 Å². The summed E-state index contributed by atoms with van der Waals surface area (Å²) in [7, 11) is 0. The minimum absolute atomic E-state index is 0.0580. The van der Waals surface area contributed by atoms with Crippen LogP contribution in [0.5, 0.6) is 0 Å². The smallest absolute Gasteiger partial charge is 0.171 e. The number of benzene rings is 1. The molecule has 1 aromatic carbocycles. The second-order valence-corrected chi connectivity index (χ2v) is 4.72. The van der Waals surface area contributed by atoms with E-state index in [9.17, 15) is 4.79 Å². The van der Waals surface area contributed by atoms with Crippen LogP contribution in [0.1, 0.15) is 40.4 Å². The predicted molar refractivity (Wildman–Crippen MR) is 70.7 cm³/mol. The molecule has 2 aromatic rings. The Morgan fingerprint density at radius 3 is 2.78 bits per heavy atom. The van der Waals surface area contributed by atoms with E-state index in [2.05, 4.69) is 11.1 Å². The van der Waals surface area contributed by atoms with Gasteiger partial charge in [0.1, 0.15) is 0 Å². The fraction of sp³-hybridized carbons (Fsp3) is 0.250. The van der Waals surface area contributed by atoms with E-state index < -0.39 is 0 Å². The number of nitrogens with zero attached hydrogens (tertiary/aromatic N) is 1. The van der Waals surface area contributed by atoms with Gasteiger partial charge in [-0.25, -0.2) is 0 Å². The Bertz CT molecular complexity index is 562. The number of hydrogen-bond donors (Lipinski definition) is 0. The quantitative estimate of drug-likeness (QED) is 0.749. The van der Waals surface area contributed by atoms with Crippen LogP contribution in [0.4, 0.5) is 0 Å². The standard InChI is InChI=1S/C16H15NO/c18-16(13-6-2-1-3-7-13)14-10-4-8-12-9-5-11-17-15(12)14/h1-3,5-7,9,11,14H,4,8,10H2. The highest BCUT2D eigenvalue weighted by molar-refractivity contribution is 6.01. The van der Waals surface area contributed by atoms with Crippen molar-refractivity contribution < 1.29 is 4.79 Å². The van der Waals surface area contributed by atoms with E-state index >= 15 is 0 Å². The number of Topliss-reactive ketones (excluding diaryl/α,β-unsaturated/α-hetero) is 1. The highest BCUT2D eigenvalue weighted by atomic mass is 16.1. The fourth-order valence-corrected chi connectivity index (χ4v) is 2.67. The van der Waals surface area contributed by atoms with Crippen LogP contribution in [0.3, 0.4) is 0 Å². The van der Waals surface area contributed by atoms with Gasteiger partial charge in [0.25, 0.3) is 0 Å². The summed E-state index contributed by atoms with van der Waals surface area (Å²) in [6.07, 6.45) is 4.82. The SMILES string of the molecule is O=C(c1ccccc1)C1CCCc2cccnc21. The van der Waals surface area contributed by atoms with Gasteiger partial charge in [0.15, 0.2) is 5.78 Å². The molecule has 1 atom stereocenters. The summed E-state index contributed by atoms with van der Waals surface area (Å²) in [4.78, 5) is 16.9. The van der Waals surface area contributed by atoms with E-state index in [1.165, 1.54) is 5.56 Å². The van der Waals surface area contributed by atoms with E-state index in [0.29, 0.717) is 0 Å². The highest BCUT2D eigenvalue weighted by Crippen LogP contribution is 2.32. The number of pyridine rings is 1. The second-order valence-electron chi connectivity index (χ2n) is 4.72. The van der Waals surface area contributed by atoms with Crippen molar-refractivity contribution in [3.8, 4) is 0 Å². The molecule has 2 heteroatoms. The molecule has 0 spiro atoms. The third kappa shape index (κ3) is 1.94. The first-order valence-corrected chi connectivity index (χ1v) is 6.39. The number of rotatable bonds is 2. The molecule has 1 aliphatic rings. The molecule has 0 aliphatic heterocycles. The lowest BCUT2D eigenvalue weighted by atomic mass is 9.82. The van der Waals surface area contributed by atoms with Gasteiger partial charge in [-0.05, 0) is 30.9 Å². The largest absolute Gasteiger partial charge is 0.293 e. The predicted octanol–water partition coefficient (Wildman–Crippen LogP) is 3.38. The molecule has 90 valence electrons. The van der Waals surface area contributed by atoms with Crippen LogP contribution in [0.2, 0.25) is 0 Å². The Balaban J connectivity index is 1.97. The lowest BCUT2D eigenvalue weighted by molar-refractivity contribution is 0.0949. The molecule has 1 heterocycles. The zero-order valence-electron chi connectivity index (χ0n) is 10.2. The summed E-state index contributed by atoms with van der Waals surface area (Å²) >= 11 is 0. The van der Waals surface area contributed by atoms with Crippen molar-refractivity contribution in [3.63, 3.8) is 0 Å². The lowest BCUT2D eigenvalue weighted by Gasteiger charge is -2.23. The first-order valence-electron chi connectivity index (χ1n) is 6.39. The van der Waals surface area contributed by atoms with E-state index in [1.54, 1.807) is 6.20 Å². The van der Waals surface area contributed by atoms with Crippen molar-refractivity contribution in [2.24, 2.45) is 0 Å². The average Bonchev–Trinajstić information content (AvgIpc) is 2.47. The Labute approximate surface area is 107 Å². The van der Waals surface area contributed by atoms with Crippen molar-refractivity contribution in [1.82, 2.24) is 4.98 Å². The van der Waals surface area contributed by atoms with Crippen LogP contribution in [0, 0.1) is 0 Å². The summed E-state index contributed by atoms with van der Waals surface area (Å²) in [6, 6.07) is 13.6. The lowest BCUT2D eigenvalue weighted by Crippen LogP contribution is -2.20. The fourth-order valence-electron chi connectivity index (χ4n) is 2.67. The molecule has 0 saturated heterocycles. The maximum Gasteiger partial charge on any atom is 0.171 e. The molecular weight excluding hydrogens is 222 g/mol. The normalized spacial score (nSPS) is 18.1. The van der Waals surface area contributed by atoms with Crippen molar-refractivity contribution in [3.05, 3.63) is 65.5 Å². The van der Waals surface area contributed by atoms with Crippen molar-refractivity contribution in [2.75, 3.05) is 0 Å². The average molecular weight is 237 g/mol. The number of ketones is 1. The molecule has 0 N–H and O–H groups in total. The second kappa shape index (κ2) is 4.73. The summed E-state index contributed by atoms with van der Waals surface area (Å²) in [5.74, 6) is 0.146. The molecule has 2 nitrogen and oxygen atoms in total. The first kappa shape index (κ1) is 11.1. The first-order chi connectivity index (χ1) is 8.86. The zero-order valence-corrected chi connectivity index (χ0v) is 10.2. The van der Waals surface area contributed by atoms with E-state index in [-0.39, 0.29) is 11.7 Å². The van der Waals surface area contributed by atoms with Crippen LogP contribution in [0.15, 0.2) is 48.7 Å². The highest BCUT2D eigenvalue weighted by Gasteiger charge is 2.28. The third-order valence-electron chi connectivity index (χ3n) is 3.57. The molecule has 0 amide bonds. The number of carbonyl (C=O) groups excluding carboxylic acids is 1. The zero-order chi connectivity index (χ0) is 12.4. The van der Waals surface area contributed by atoms with Gasteiger partial charge in [-0.3, -0.25) is 9.78 Å². The Kier molecular flexibility index (Phi) is 2.93. The topological polar surface area (TPSA) is 30.0 Å². The third-order valence-corrected chi connectivity index (χ3v) is 3.57. The number of carbonyl (C=O) groups is 1. The van der Waals surface area contributed by atoms with Gasteiger partial charge in [0.05, 0.1) is 11.6 Å². The van der Waals surface area contributed by atoms with Crippen molar-refractivity contribution in [1.29, 1.82) is 0 Å². The number of aryl methyl sites for hydroxylation is 1. The Morgan fingerprint density at radius 1 is 1.11 bits per heavy atom. The van der Waals surface area contributed by atoms with Gasteiger partial charge in [0, 0.05) is 11.8 Å². The van der Waals surface area contributed by atoms with Gasteiger partial charge >= 0.3 is 0 Å². The van der Waals surface area contributed by atoms with E-state index in [1.807, 2.05) is 36.4 Å². The maximum absolute atomic E-state index is 12.5. The molecule has 18 heavy (non-hydrogen) atoms. The van der Waals surface area contributed by atoms with Crippen molar-refractivity contribution in [2.45, 2.75) is 25.2 Å². The Hall–Kier alpha value is -1.96. The number of aromatic nitrogens is 1. The molecule has 1 aliphatic carbocycles. The molecule has 0 saturated carbocycles. The van der Waals surface area contributed by atoms with Crippen LogP contribution >= 0.6 is 0 Å². The van der Waals surface area contributed by atoms with Gasteiger partial charge < -0.3 is 0 Å². The molecule has 0 bridgehead atoms. The summed E-state index contributed by atoms with van der Waals surface area (Å²) in [5, 5.41) is 0. The maximum atomic E-state index is 12.5. The number of fused-ring (bicyclic) bond motifs is 1. The molecule has 1 unspecified atom stereocenters. The van der Waals surface area contributed by atoms with E-state index in [4.69, 9.17) is 0 Å². The number of hydrogen-bond acceptors (Lipinski definition) is 2. The molecule has 0 radical (unpaired) electrons. The summed E-state index contributed by atoms with van der Waals surface area (Å²) in [5.41, 5.74) is 3.01. The van der Waals surface area contributed by atoms with Crippen LogP contribution in [-0.2, 0) is 6.42 Å². The molecule has 0 fully saturated rings. The minimum atomic E-state index is -0.0580. The van der Waals surface area contributed by atoms with Gasteiger partial charge in [-0.15, -0.1) is 0 Å². The van der Waals surface area contributed by atoms with Crippen molar-refractivity contribution >= 4 is 5.78 Å². The van der Waals surface area contributed by atoms with Crippen LogP contribution in [0.25, 0.3) is 0 Å². The monoisotopic (exact) mass is 237 g/mol. The molecule has 1 aromatic heterocycles. The molecule has 3 rings (SSSR count). The van der Waals surface area contributed by atoms with Gasteiger partial charge in [-0.1, -0.05) is 36.4 Å². The Morgan fingerprint density at radius 2 is 1.94 bits per heavy atom. The van der Waals surface area contributed by atoms with Crippen LogP contribution < -0.4 is 0 Å². The van der Waals surface area contributed by atoms with Crippen LogP contribution in [-0.4, -0.2) is 10.8 Å². The molecular formula is C16H15NO. The van der Waals surface area contributed by atoms with Gasteiger partial charge in [-0.2, -0.15) is 0 Å². The minimum Gasteiger partial charge on any atom is -0.293 e. The summed E-state index contributed by atoms with van der Waals surface area (Å²) < 4.78 is 0. The summed E-state index contributed by atoms with van der Waals surface area (Å²) in [6.45, 7) is 0. The van der Waals surface area contributed by atoms with Gasteiger partial charge in [0.2, 0.25) is 0 Å².